The van der Waals surface area contributed by atoms with Crippen molar-refractivity contribution >= 4 is 0 Å². The lowest BCUT2D eigenvalue weighted by atomic mass is 9.96. The molecule has 0 aliphatic rings. The Labute approximate surface area is 123 Å². The van der Waals surface area contributed by atoms with E-state index < -0.39 is 0 Å². The predicted octanol–water partition coefficient (Wildman–Crippen LogP) is 3.12. The maximum absolute atomic E-state index is 5.38. The second-order valence-electron chi connectivity index (χ2n) is 6.39. The van der Waals surface area contributed by atoms with Gasteiger partial charge in [-0.2, -0.15) is 0 Å². The molecule has 1 unspecified atom stereocenters. The van der Waals surface area contributed by atoms with Crippen LogP contribution in [0.5, 0.6) is 0 Å². The average molecular weight is 279 g/mol. The fraction of sp³-hybridized carbons (Fsp3) is 0.750. The molecule has 1 atom stereocenters. The lowest BCUT2D eigenvalue weighted by molar-refractivity contribution is 0.128. The van der Waals surface area contributed by atoms with Crippen molar-refractivity contribution in [1.29, 1.82) is 0 Å². The van der Waals surface area contributed by atoms with Crippen LogP contribution >= 0.6 is 0 Å². The summed E-state index contributed by atoms with van der Waals surface area (Å²) < 4.78 is 5.38. The molecule has 0 spiro atoms. The molecule has 0 aliphatic heterocycles. The maximum Gasteiger partial charge on any atom is 0.154 e. The summed E-state index contributed by atoms with van der Waals surface area (Å²) in [5.74, 6) is 1.18. The summed E-state index contributed by atoms with van der Waals surface area (Å²) in [5, 5.41) is 3.54. The number of nitrogens with zero attached hydrogens (tertiary/aromatic N) is 2. The molecular weight excluding hydrogens is 250 g/mol. The lowest BCUT2D eigenvalue weighted by Crippen LogP contribution is -2.38. The number of hydrogen-bond donors (Lipinski definition) is 1. The number of hydrogen-bond acceptors (Lipinski definition) is 4. The molecule has 4 heteroatoms. The molecule has 4 nitrogen and oxygen atoms in total. The summed E-state index contributed by atoms with van der Waals surface area (Å²) >= 11 is 0. The van der Waals surface area contributed by atoms with Crippen LogP contribution in [0.2, 0.25) is 0 Å². The van der Waals surface area contributed by atoms with Gasteiger partial charge in [0, 0.05) is 30.1 Å². The van der Waals surface area contributed by atoms with Gasteiger partial charge in [0.1, 0.15) is 6.61 Å². The second kappa shape index (κ2) is 7.14. The van der Waals surface area contributed by atoms with Gasteiger partial charge >= 0.3 is 0 Å². The van der Waals surface area contributed by atoms with Gasteiger partial charge in [0.25, 0.3) is 0 Å². The molecule has 1 heterocycles. The van der Waals surface area contributed by atoms with Crippen LogP contribution in [-0.2, 0) is 11.3 Å². The molecule has 1 aromatic rings. The van der Waals surface area contributed by atoms with Gasteiger partial charge < -0.3 is 10.1 Å². The van der Waals surface area contributed by atoms with E-state index in [4.69, 9.17) is 4.74 Å². The van der Waals surface area contributed by atoms with Gasteiger partial charge in [-0.3, -0.25) is 0 Å². The summed E-state index contributed by atoms with van der Waals surface area (Å²) in [6.07, 6.45) is 0. The van der Waals surface area contributed by atoms with Crippen LogP contribution in [0.4, 0.5) is 0 Å². The Morgan fingerprint density at radius 1 is 1.15 bits per heavy atom. The maximum atomic E-state index is 5.38. The number of nitrogens with one attached hydrogen (secondary N) is 1. The van der Waals surface area contributed by atoms with E-state index in [0.29, 0.717) is 19.1 Å². The van der Waals surface area contributed by atoms with Crippen LogP contribution < -0.4 is 5.32 Å². The van der Waals surface area contributed by atoms with Crippen LogP contribution in [0.15, 0.2) is 0 Å². The van der Waals surface area contributed by atoms with Crippen LogP contribution in [0.25, 0.3) is 0 Å². The smallest absolute Gasteiger partial charge is 0.154 e. The summed E-state index contributed by atoms with van der Waals surface area (Å²) in [6, 6.07) is 0. The quantitative estimate of drug-likeness (QED) is 0.869. The first-order valence-corrected chi connectivity index (χ1v) is 7.41. The molecule has 0 fully saturated rings. The first-order valence-electron chi connectivity index (χ1n) is 7.41. The molecule has 0 aromatic carbocycles. The minimum Gasteiger partial charge on any atom is -0.374 e. The Hall–Kier alpha value is -1.00. The fourth-order valence-corrected chi connectivity index (χ4v) is 2.33. The molecule has 20 heavy (non-hydrogen) atoms. The van der Waals surface area contributed by atoms with E-state index in [1.54, 1.807) is 0 Å². The molecule has 1 aromatic heterocycles. The number of rotatable bonds is 6. The van der Waals surface area contributed by atoms with Gasteiger partial charge in [0.05, 0.1) is 0 Å². The summed E-state index contributed by atoms with van der Waals surface area (Å²) in [5.41, 5.74) is 3.51. The number of ether oxygens (including phenoxy) is 1. The SMILES string of the molecule is CCOCc1nc(C)c(C(C)CNC(C)(C)C)c(C)n1. The highest BCUT2D eigenvalue weighted by atomic mass is 16.5. The van der Waals surface area contributed by atoms with E-state index in [-0.39, 0.29) is 5.54 Å². The van der Waals surface area contributed by atoms with Crippen molar-refractivity contribution < 1.29 is 4.74 Å². The number of aromatic nitrogens is 2. The van der Waals surface area contributed by atoms with Crippen molar-refractivity contribution in [2.24, 2.45) is 0 Å². The summed E-state index contributed by atoms with van der Waals surface area (Å²) in [4.78, 5) is 9.15. The van der Waals surface area contributed by atoms with E-state index >= 15 is 0 Å². The van der Waals surface area contributed by atoms with Crippen molar-refractivity contribution in [2.75, 3.05) is 13.2 Å². The van der Waals surface area contributed by atoms with Gasteiger partial charge in [-0.05, 0) is 53.0 Å². The minimum atomic E-state index is 0.131. The molecule has 0 bridgehead atoms. The Morgan fingerprint density at radius 3 is 2.15 bits per heavy atom. The topological polar surface area (TPSA) is 47.0 Å². The second-order valence-corrected chi connectivity index (χ2v) is 6.39. The van der Waals surface area contributed by atoms with Crippen molar-refractivity contribution in [3.63, 3.8) is 0 Å². The van der Waals surface area contributed by atoms with Crippen molar-refractivity contribution in [2.45, 2.75) is 66.5 Å². The molecular formula is C16H29N3O. The third-order valence-corrected chi connectivity index (χ3v) is 3.24. The summed E-state index contributed by atoms with van der Waals surface area (Å²) in [7, 11) is 0. The van der Waals surface area contributed by atoms with Crippen molar-refractivity contribution in [3.8, 4) is 0 Å². The minimum absolute atomic E-state index is 0.131. The number of aryl methyl sites for hydroxylation is 2. The molecule has 0 saturated carbocycles. The standard InChI is InChI=1S/C16H29N3O/c1-8-20-10-14-18-12(3)15(13(4)19-14)11(2)9-17-16(5,6)7/h11,17H,8-10H2,1-7H3. The Bertz CT molecular complexity index is 415. The largest absolute Gasteiger partial charge is 0.374 e. The lowest BCUT2D eigenvalue weighted by Gasteiger charge is -2.25. The Balaban J connectivity index is 2.84. The van der Waals surface area contributed by atoms with E-state index in [2.05, 4.69) is 56.8 Å². The van der Waals surface area contributed by atoms with E-state index in [1.807, 2.05) is 6.92 Å². The molecule has 114 valence electrons. The molecule has 1 rings (SSSR count). The fourth-order valence-electron chi connectivity index (χ4n) is 2.33. The van der Waals surface area contributed by atoms with Gasteiger partial charge in [-0.15, -0.1) is 0 Å². The van der Waals surface area contributed by atoms with Gasteiger partial charge in [-0.25, -0.2) is 9.97 Å². The Morgan fingerprint density at radius 2 is 1.70 bits per heavy atom. The zero-order chi connectivity index (χ0) is 15.3. The van der Waals surface area contributed by atoms with E-state index in [9.17, 15) is 0 Å². The first-order chi connectivity index (χ1) is 9.24. The first kappa shape index (κ1) is 17.1. The van der Waals surface area contributed by atoms with Gasteiger partial charge in [-0.1, -0.05) is 6.92 Å². The normalized spacial score (nSPS) is 13.6. The zero-order valence-corrected chi connectivity index (χ0v) is 14.0. The third kappa shape index (κ3) is 5.17. The van der Waals surface area contributed by atoms with Crippen LogP contribution in [0.1, 0.15) is 63.3 Å². The molecule has 0 radical (unpaired) electrons. The predicted molar refractivity (Wildman–Crippen MR) is 83.0 cm³/mol. The van der Waals surface area contributed by atoms with Gasteiger partial charge in [0.15, 0.2) is 5.82 Å². The van der Waals surface area contributed by atoms with Crippen LogP contribution in [0, 0.1) is 13.8 Å². The highest BCUT2D eigenvalue weighted by Crippen LogP contribution is 2.21. The third-order valence-electron chi connectivity index (χ3n) is 3.24. The Kier molecular flexibility index (Phi) is 6.08. The van der Waals surface area contributed by atoms with Gasteiger partial charge in [0.2, 0.25) is 0 Å². The highest BCUT2D eigenvalue weighted by molar-refractivity contribution is 5.28. The zero-order valence-electron chi connectivity index (χ0n) is 14.0. The van der Waals surface area contributed by atoms with Crippen LogP contribution in [-0.4, -0.2) is 28.7 Å². The average Bonchev–Trinajstić information content (AvgIpc) is 2.32. The molecule has 0 saturated heterocycles. The van der Waals surface area contributed by atoms with E-state index in [0.717, 1.165) is 23.8 Å². The molecule has 0 aliphatic carbocycles. The summed E-state index contributed by atoms with van der Waals surface area (Å²) in [6.45, 7) is 17.0. The van der Waals surface area contributed by atoms with Crippen molar-refractivity contribution in [1.82, 2.24) is 15.3 Å². The molecule has 0 amide bonds. The monoisotopic (exact) mass is 279 g/mol. The van der Waals surface area contributed by atoms with Crippen LogP contribution in [0.3, 0.4) is 0 Å². The van der Waals surface area contributed by atoms with E-state index in [1.165, 1.54) is 5.56 Å². The van der Waals surface area contributed by atoms with Crippen molar-refractivity contribution in [3.05, 3.63) is 22.8 Å². The highest BCUT2D eigenvalue weighted by Gasteiger charge is 2.17. The molecule has 1 N–H and O–H groups in total.